The van der Waals surface area contributed by atoms with E-state index >= 15 is 0 Å². The van der Waals surface area contributed by atoms with Crippen LogP contribution < -0.4 is 10.6 Å². The zero-order chi connectivity index (χ0) is 13.5. The molecule has 0 aliphatic carbocycles. The lowest BCUT2D eigenvalue weighted by atomic mass is 10.2. The van der Waals surface area contributed by atoms with Gasteiger partial charge in [-0.15, -0.1) is 0 Å². The lowest BCUT2D eigenvalue weighted by molar-refractivity contribution is -0.115. The lowest BCUT2D eigenvalue weighted by Gasteiger charge is -2.09. The van der Waals surface area contributed by atoms with Gasteiger partial charge in [-0.05, 0) is 30.7 Å². The standard InChI is InChI=1S/C16H18N2O/c1-13-7-5-6-10-15(13)17-12-11-16(19)18-14-8-3-2-4-9-14/h2-10,17H,11-12H2,1H3,(H,18,19). The molecule has 2 aromatic rings. The predicted molar refractivity (Wildman–Crippen MR) is 79.4 cm³/mol. The largest absolute Gasteiger partial charge is 0.384 e. The van der Waals surface area contributed by atoms with Crippen molar-refractivity contribution in [3.05, 3.63) is 60.2 Å². The molecule has 0 bridgehead atoms. The topological polar surface area (TPSA) is 41.1 Å². The van der Waals surface area contributed by atoms with Gasteiger partial charge >= 0.3 is 0 Å². The number of amides is 1. The average Bonchev–Trinajstić information content (AvgIpc) is 2.42. The molecule has 0 aliphatic heterocycles. The third-order valence-electron chi connectivity index (χ3n) is 2.87. The highest BCUT2D eigenvalue weighted by Crippen LogP contribution is 2.13. The molecule has 3 nitrogen and oxygen atoms in total. The van der Waals surface area contributed by atoms with Gasteiger partial charge in [0, 0.05) is 24.3 Å². The molecule has 19 heavy (non-hydrogen) atoms. The maximum atomic E-state index is 11.7. The van der Waals surface area contributed by atoms with Crippen molar-refractivity contribution >= 4 is 17.3 Å². The van der Waals surface area contributed by atoms with Gasteiger partial charge in [-0.3, -0.25) is 4.79 Å². The van der Waals surface area contributed by atoms with Crippen LogP contribution in [0.1, 0.15) is 12.0 Å². The van der Waals surface area contributed by atoms with Gasteiger partial charge in [0.2, 0.25) is 5.91 Å². The van der Waals surface area contributed by atoms with Crippen molar-refractivity contribution in [1.29, 1.82) is 0 Å². The number of anilines is 2. The van der Waals surface area contributed by atoms with Crippen LogP contribution in [0.25, 0.3) is 0 Å². The molecule has 0 heterocycles. The third-order valence-corrected chi connectivity index (χ3v) is 2.87. The zero-order valence-corrected chi connectivity index (χ0v) is 11.0. The molecule has 0 radical (unpaired) electrons. The lowest BCUT2D eigenvalue weighted by Crippen LogP contribution is -2.16. The van der Waals surface area contributed by atoms with E-state index in [1.54, 1.807) is 0 Å². The highest BCUT2D eigenvalue weighted by atomic mass is 16.1. The Balaban J connectivity index is 1.77. The average molecular weight is 254 g/mol. The van der Waals surface area contributed by atoms with Crippen molar-refractivity contribution in [2.24, 2.45) is 0 Å². The van der Waals surface area contributed by atoms with E-state index in [1.165, 1.54) is 5.56 Å². The van der Waals surface area contributed by atoms with Crippen LogP contribution in [-0.4, -0.2) is 12.5 Å². The van der Waals surface area contributed by atoms with E-state index in [0.717, 1.165) is 11.4 Å². The second-order valence-electron chi connectivity index (χ2n) is 4.41. The zero-order valence-electron chi connectivity index (χ0n) is 11.0. The van der Waals surface area contributed by atoms with Gasteiger partial charge < -0.3 is 10.6 Å². The van der Waals surface area contributed by atoms with E-state index in [4.69, 9.17) is 0 Å². The van der Waals surface area contributed by atoms with Crippen LogP contribution in [0.4, 0.5) is 11.4 Å². The van der Waals surface area contributed by atoms with E-state index in [0.29, 0.717) is 13.0 Å². The Hall–Kier alpha value is -2.29. The summed E-state index contributed by atoms with van der Waals surface area (Å²) in [7, 11) is 0. The first-order valence-electron chi connectivity index (χ1n) is 6.40. The summed E-state index contributed by atoms with van der Waals surface area (Å²) in [5, 5.41) is 6.13. The van der Waals surface area contributed by atoms with E-state index in [2.05, 4.69) is 10.6 Å². The predicted octanol–water partition coefficient (Wildman–Crippen LogP) is 3.44. The van der Waals surface area contributed by atoms with Gasteiger partial charge in [0.15, 0.2) is 0 Å². The summed E-state index contributed by atoms with van der Waals surface area (Å²) in [5.41, 5.74) is 3.10. The Morgan fingerprint density at radius 1 is 1.00 bits per heavy atom. The number of aryl methyl sites for hydroxylation is 1. The van der Waals surface area contributed by atoms with Crippen LogP contribution in [0.5, 0.6) is 0 Å². The van der Waals surface area contributed by atoms with Gasteiger partial charge in [0.25, 0.3) is 0 Å². The highest BCUT2D eigenvalue weighted by molar-refractivity contribution is 5.90. The van der Waals surface area contributed by atoms with Crippen LogP contribution in [0.3, 0.4) is 0 Å². The minimum atomic E-state index is 0.0206. The van der Waals surface area contributed by atoms with Gasteiger partial charge in [0.1, 0.15) is 0 Å². The quantitative estimate of drug-likeness (QED) is 0.858. The summed E-state index contributed by atoms with van der Waals surface area (Å²) in [4.78, 5) is 11.7. The molecule has 1 amide bonds. The molecule has 0 fully saturated rings. The molecule has 2 rings (SSSR count). The summed E-state index contributed by atoms with van der Waals surface area (Å²) in [6.07, 6.45) is 0.448. The first-order valence-corrected chi connectivity index (χ1v) is 6.40. The SMILES string of the molecule is Cc1ccccc1NCCC(=O)Nc1ccccc1. The number of nitrogens with one attached hydrogen (secondary N) is 2. The molecule has 0 saturated heterocycles. The summed E-state index contributed by atoms with van der Waals surface area (Å²) in [6, 6.07) is 17.6. The molecule has 0 atom stereocenters. The van der Waals surface area contributed by atoms with Crippen molar-refractivity contribution in [3.8, 4) is 0 Å². The van der Waals surface area contributed by atoms with Crippen LogP contribution in [0, 0.1) is 6.92 Å². The van der Waals surface area contributed by atoms with E-state index in [-0.39, 0.29) is 5.91 Å². The minimum absolute atomic E-state index is 0.0206. The third kappa shape index (κ3) is 4.14. The molecule has 3 heteroatoms. The number of para-hydroxylation sites is 2. The van der Waals surface area contributed by atoms with Crippen molar-refractivity contribution in [1.82, 2.24) is 0 Å². The minimum Gasteiger partial charge on any atom is -0.384 e. The number of hydrogen-bond donors (Lipinski definition) is 2. The first-order chi connectivity index (χ1) is 9.25. The molecule has 0 aliphatic rings. The van der Waals surface area contributed by atoms with Gasteiger partial charge in [-0.25, -0.2) is 0 Å². The van der Waals surface area contributed by atoms with Gasteiger partial charge in [-0.2, -0.15) is 0 Å². The molecule has 0 saturated carbocycles. The van der Waals surface area contributed by atoms with Crippen molar-refractivity contribution in [2.45, 2.75) is 13.3 Å². The maximum absolute atomic E-state index is 11.7. The molecule has 0 unspecified atom stereocenters. The summed E-state index contributed by atoms with van der Waals surface area (Å²) in [6.45, 7) is 2.68. The Morgan fingerprint density at radius 3 is 2.42 bits per heavy atom. The Morgan fingerprint density at radius 2 is 1.68 bits per heavy atom. The van der Waals surface area contributed by atoms with E-state index < -0.39 is 0 Å². The number of benzene rings is 2. The van der Waals surface area contributed by atoms with E-state index in [9.17, 15) is 4.79 Å². The Bertz CT molecular complexity index is 537. The smallest absolute Gasteiger partial charge is 0.226 e. The highest BCUT2D eigenvalue weighted by Gasteiger charge is 2.02. The molecule has 0 spiro atoms. The van der Waals surface area contributed by atoms with E-state index in [1.807, 2.05) is 61.5 Å². The number of rotatable bonds is 5. The number of carbonyl (C=O) groups is 1. The fourth-order valence-corrected chi connectivity index (χ4v) is 1.83. The molecule has 2 N–H and O–H groups in total. The molecule has 0 aromatic heterocycles. The summed E-state index contributed by atoms with van der Waals surface area (Å²) < 4.78 is 0. The molecular weight excluding hydrogens is 236 g/mol. The van der Waals surface area contributed by atoms with Crippen LogP contribution >= 0.6 is 0 Å². The molecule has 98 valence electrons. The molecule has 2 aromatic carbocycles. The van der Waals surface area contributed by atoms with Crippen LogP contribution in [0.2, 0.25) is 0 Å². The van der Waals surface area contributed by atoms with Crippen LogP contribution in [-0.2, 0) is 4.79 Å². The van der Waals surface area contributed by atoms with Crippen LogP contribution in [0.15, 0.2) is 54.6 Å². The second kappa shape index (κ2) is 6.59. The molecular formula is C16H18N2O. The normalized spacial score (nSPS) is 9.95. The summed E-state index contributed by atoms with van der Waals surface area (Å²) in [5.74, 6) is 0.0206. The van der Waals surface area contributed by atoms with Crippen molar-refractivity contribution < 1.29 is 4.79 Å². The van der Waals surface area contributed by atoms with Gasteiger partial charge in [-0.1, -0.05) is 36.4 Å². The fourth-order valence-electron chi connectivity index (χ4n) is 1.83. The number of carbonyl (C=O) groups excluding carboxylic acids is 1. The van der Waals surface area contributed by atoms with Crippen molar-refractivity contribution in [2.75, 3.05) is 17.2 Å². The first kappa shape index (κ1) is 13.1. The second-order valence-corrected chi connectivity index (χ2v) is 4.41. The number of hydrogen-bond acceptors (Lipinski definition) is 2. The fraction of sp³-hybridized carbons (Fsp3) is 0.188. The van der Waals surface area contributed by atoms with Crippen molar-refractivity contribution in [3.63, 3.8) is 0 Å². The Kier molecular flexibility index (Phi) is 4.56. The summed E-state index contributed by atoms with van der Waals surface area (Å²) >= 11 is 0. The van der Waals surface area contributed by atoms with Gasteiger partial charge in [0.05, 0.1) is 0 Å². The maximum Gasteiger partial charge on any atom is 0.226 e. The monoisotopic (exact) mass is 254 g/mol. The Labute approximate surface area is 113 Å².